The van der Waals surface area contributed by atoms with Crippen molar-refractivity contribution in [3.63, 3.8) is 0 Å². The maximum absolute atomic E-state index is 11.0. The Balaban J connectivity index is 2.60. The molecule has 0 radical (unpaired) electrons. The van der Waals surface area contributed by atoms with Gasteiger partial charge in [0.1, 0.15) is 0 Å². The van der Waals surface area contributed by atoms with Gasteiger partial charge >= 0.3 is 11.9 Å². The molecule has 0 spiro atoms. The molecule has 1 fully saturated rings. The van der Waals surface area contributed by atoms with Crippen molar-refractivity contribution >= 4 is 46.7 Å². The average molecular weight is 263 g/mol. The number of carboxylic acids is 1. The molecule has 1 unspecified atom stereocenters. The molecule has 0 aromatic carbocycles. The SMILES string of the molecule is O=C(O)CC1O[C@@H](C(Cl)(Cl)Cl)OC1=O. The molecule has 0 saturated carbocycles. The maximum Gasteiger partial charge on any atom is 0.338 e. The minimum atomic E-state index is -1.91. The molecule has 0 aromatic heterocycles. The van der Waals surface area contributed by atoms with E-state index >= 15 is 0 Å². The van der Waals surface area contributed by atoms with Crippen LogP contribution >= 0.6 is 34.8 Å². The number of ether oxygens (including phenoxy) is 2. The number of esters is 1. The molecule has 14 heavy (non-hydrogen) atoms. The summed E-state index contributed by atoms with van der Waals surface area (Å²) in [6.45, 7) is 0. The molecule has 0 amide bonds. The summed E-state index contributed by atoms with van der Waals surface area (Å²) in [6, 6.07) is 0. The summed E-state index contributed by atoms with van der Waals surface area (Å²) in [4.78, 5) is 21.3. The third kappa shape index (κ3) is 2.88. The van der Waals surface area contributed by atoms with E-state index in [2.05, 4.69) is 4.74 Å². The van der Waals surface area contributed by atoms with Crippen LogP contribution in [0.25, 0.3) is 0 Å². The van der Waals surface area contributed by atoms with Gasteiger partial charge < -0.3 is 14.6 Å². The normalized spacial score (nSPS) is 27.5. The van der Waals surface area contributed by atoms with Crippen LogP contribution in [0.3, 0.4) is 0 Å². The molecule has 1 N–H and O–H groups in total. The summed E-state index contributed by atoms with van der Waals surface area (Å²) in [7, 11) is 0. The average Bonchev–Trinajstić information content (AvgIpc) is 2.30. The van der Waals surface area contributed by atoms with E-state index in [0.29, 0.717) is 0 Å². The molecular formula is C6H5Cl3O5. The molecule has 0 bridgehead atoms. The lowest BCUT2D eigenvalue weighted by molar-refractivity contribution is -0.146. The summed E-state index contributed by atoms with van der Waals surface area (Å²) >= 11 is 16.2. The molecule has 1 aliphatic heterocycles. The fourth-order valence-corrected chi connectivity index (χ4v) is 1.14. The highest BCUT2D eigenvalue weighted by molar-refractivity contribution is 6.68. The van der Waals surface area contributed by atoms with Crippen molar-refractivity contribution in [2.45, 2.75) is 22.6 Å². The van der Waals surface area contributed by atoms with E-state index in [9.17, 15) is 9.59 Å². The minimum absolute atomic E-state index is 0.518. The Morgan fingerprint density at radius 2 is 2.07 bits per heavy atom. The van der Waals surface area contributed by atoms with Gasteiger partial charge in [-0.3, -0.25) is 4.79 Å². The number of hydrogen-bond acceptors (Lipinski definition) is 4. The van der Waals surface area contributed by atoms with E-state index in [4.69, 9.17) is 44.6 Å². The van der Waals surface area contributed by atoms with Crippen LogP contribution in [0.5, 0.6) is 0 Å². The quantitative estimate of drug-likeness (QED) is 0.596. The van der Waals surface area contributed by atoms with E-state index in [0.717, 1.165) is 0 Å². The zero-order valence-corrected chi connectivity index (χ0v) is 8.84. The van der Waals surface area contributed by atoms with Crippen molar-refractivity contribution in [1.29, 1.82) is 0 Å². The Labute approximate surface area is 93.8 Å². The first-order valence-corrected chi connectivity index (χ1v) is 4.58. The monoisotopic (exact) mass is 262 g/mol. The third-order valence-electron chi connectivity index (χ3n) is 1.40. The summed E-state index contributed by atoms with van der Waals surface area (Å²) in [5.41, 5.74) is 0. The van der Waals surface area contributed by atoms with Gasteiger partial charge in [0.25, 0.3) is 10.1 Å². The number of cyclic esters (lactones) is 1. The van der Waals surface area contributed by atoms with Crippen molar-refractivity contribution in [2.24, 2.45) is 0 Å². The van der Waals surface area contributed by atoms with Crippen LogP contribution in [-0.4, -0.2) is 33.2 Å². The van der Waals surface area contributed by atoms with E-state index in [1.54, 1.807) is 0 Å². The van der Waals surface area contributed by atoms with Crippen molar-refractivity contribution in [3.8, 4) is 0 Å². The standard InChI is InChI=1S/C6H5Cl3O5/c7-6(8,9)5-13-2(1-3(10)11)4(12)14-5/h2,5H,1H2,(H,10,11)/t2?,5-/m1/s1. The van der Waals surface area contributed by atoms with Gasteiger partial charge in [-0.05, 0) is 0 Å². The highest BCUT2D eigenvalue weighted by Gasteiger charge is 2.47. The van der Waals surface area contributed by atoms with E-state index in [-0.39, 0.29) is 0 Å². The molecule has 1 aliphatic rings. The molecule has 1 saturated heterocycles. The third-order valence-corrected chi connectivity index (χ3v) is 1.94. The number of carbonyl (C=O) groups is 2. The molecule has 0 aromatic rings. The van der Waals surface area contributed by atoms with E-state index < -0.39 is 34.5 Å². The molecule has 1 heterocycles. The molecule has 2 atom stereocenters. The van der Waals surface area contributed by atoms with Crippen LogP contribution in [-0.2, 0) is 19.1 Å². The van der Waals surface area contributed by atoms with Crippen molar-refractivity contribution in [1.82, 2.24) is 0 Å². The summed E-state index contributed by atoms with van der Waals surface area (Å²) in [6.07, 6.45) is -3.09. The minimum Gasteiger partial charge on any atom is -0.481 e. The fraction of sp³-hybridized carbons (Fsp3) is 0.667. The summed E-state index contributed by atoms with van der Waals surface area (Å²) in [5, 5.41) is 8.39. The van der Waals surface area contributed by atoms with Gasteiger partial charge in [-0.15, -0.1) is 0 Å². The highest BCUT2D eigenvalue weighted by atomic mass is 35.6. The number of aliphatic carboxylic acids is 1. The van der Waals surface area contributed by atoms with Crippen LogP contribution in [0.4, 0.5) is 0 Å². The molecule has 5 nitrogen and oxygen atoms in total. The largest absolute Gasteiger partial charge is 0.481 e. The lowest BCUT2D eigenvalue weighted by Gasteiger charge is -2.16. The first-order valence-electron chi connectivity index (χ1n) is 3.45. The molecule has 8 heteroatoms. The van der Waals surface area contributed by atoms with Gasteiger partial charge in [0.15, 0.2) is 6.10 Å². The second kappa shape index (κ2) is 4.10. The van der Waals surface area contributed by atoms with Crippen molar-refractivity contribution in [2.75, 3.05) is 0 Å². The first kappa shape index (κ1) is 11.8. The van der Waals surface area contributed by atoms with Crippen LogP contribution in [0.2, 0.25) is 0 Å². The van der Waals surface area contributed by atoms with Gasteiger partial charge in [-0.2, -0.15) is 0 Å². The topological polar surface area (TPSA) is 72.8 Å². The number of halogens is 3. The van der Waals surface area contributed by atoms with Gasteiger partial charge in [0.05, 0.1) is 6.42 Å². The lowest BCUT2D eigenvalue weighted by atomic mass is 10.3. The van der Waals surface area contributed by atoms with Crippen molar-refractivity contribution in [3.05, 3.63) is 0 Å². The van der Waals surface area contributed by atoms with Crippen molar-refractivity contribution < 1.29 is 24.2 Å². The highest BCUT2D eigenvalue weighted by Crippen LogP contribution is 2.37. The Kier molecular flexibility index (Phi) is 3.47. The summed E-state index contributed by atoms with van der Waals surface area (Å²) in [5.74, 6) is -2.04. The second-order valence-corrected chi connectivity index (χ2v) is 4.90. The first-order chi connectivity index (χ1) is 6.30. The van der Waals surface area contributed by atoms with Gasteiger partial charge in [0.2, 0.25) is 0 Å². The number of carboxylic acid groups (broad SMARTS) is 1. The fourth-order valence-electron chi connectivity index (χ4n) is 0.848. The Bertz CT molecular complexity index is 261. The second-order valence-electron chi connectivity index (χ2n) is 2.53. The Morgan fingerprint density at radius 3 is 2.43 bits per heavy atom. The maximum atomic E-state index is 11.0. The zero-order valence-electron chi connectivity index (χ0n) is 6.58. The van der Waals surface area contributed by atoms with Gasteiger partial charge in [-0.25, -0.2) is 4.79 Å². The van der Waals surface area contributed by atoms with Gasteiger partial charge in [0, 0.05) is 0 Å². The number of rotatable bonds is 2. The number of hydrogen-bond donors (Lipinski definition) is 1. The van der Waals surface area contributed by atoms with Crippen LogP contribution < -0.4 is 0 Å². The lowest BCUT2D eigenvalue weighted by Crippen LogP contribution is -2.27. The van der Waals surface area contributed by atoms with E-state index in [1.165, 1.54) is 0 Å². The van der Waals surface area contributed by atoms with Crippen LogP contribution in [0.1, 0.15) is 6.42 Å². The number of alkyl halides is 3. The zero-order chi connectivity index (χ0) is 10.9. The molecule has 0 aliphatic carbocycles. The van der Waals surface area contributed by atoms with Gasteiger partial charge in [-0.1, -0.05) is 34.8 Å². The Hall–Kier alpha value is -0.230. The predicted molar refractivity (Wildman–Crippen MR) is 47.3 cm³/mol. The summed E-state index contributed by atoms with van der Waals surface area (Å²) < 4.78 is 7.41. The predicted octanol–water partition coefficient (Wildman–Crippen LogP) is 1.10. The van der Waals surface area contributed by atoms with Crippen LogP contribution in [0, 0.1) is 0 Å². The smallest absolute Gasteiger partial charge is 0.338 e. The van der Waals surface area contributed by atoms with E-state index in [1.807, 2.05) is 0 Å². The Morgan fingerprint density at radius 1 is 1.50 bits per heavy atom. The molecule has 1 rings (SSSR count). The number of carbonyl (C=O) groups excluding carboxylic acids is 1. The molecule has 80 valence electrons. The van der Waals surface area contributed by atoms with Crippen LogP contribution in [0.15, 0.2) is 0 Å². The molecular weight excluding hydrogens is 258 g/mol.